The zero-order valence-corrected chi connectivity index (χ0v) is 70.3. The number of hydrogen-bond acceptors (Lipinski definition) is 2. The van der Waals surface area contributed by atoms with E-state index in [9.17, 15) is 0 Å². The number of nitrogens with zero attached hydrogens (tertiary/aromatic N) is 4. The second-order valence-electron chi connectivity index (χ2n) is 33.1. The highest BCUT2D eigenvalue weighted by Crippen LogP contribution is 2.45. The summed E-state index contributed by atoms with van der Waals surface area (Å²) in [5.74, 6) is 0. The molecule has 0 amide bonds. The van der Waals surface area contributed by atoms with Crippen LogP contribution in [0.4, 0.5) is 34.1 Å². The van der Waals surface area contributed by atoms with Gasteiger partial charge in [-0.15, -0.1) is 0 Å². The molecule has 0 atom stereocenters. The lowest BCUT2D eigenvalue weighted by Gasteiger charge is -2.26. The van der Waals surface area contributed by atoms with Crippen LogP contribution in [0.2, 0.25) is 0 Å². The normalized spacial score (nSPS) is 11.4. The summed E-state index contributed by atoms with van der Waals surface area (Å²) in [6.07, 6.45) is 0. The molecule has 24 aromatic rings. The van der Waals surface area contributed by atoms with E-state index in [0.29, 0.717) is 0 Å². The first kappa shape index (κ1) is 76.0. The molecule has 0 aliphatic carbocycles. The van der Waals surface area contributed by atoms with Gasteiger partial charge in [0.05, 0.1) is 22.1 Å². The van der Waals surface area contributed by atoms with Crippen LogP contribution >= 0.6 is 0 Å². The number of para-hydroxylation sites is 2. The molecule has 22 aromatic carbocycles. The molecular formula is C124H84N4. The van der Waals surface area contributed by atoms with E-state index in [-0.39, 0.29) is 0 Å². The summed E-state index contributed by atoms with van der Waals surface area (Å²) < 4.78 is 4.78. The molecule has 128 heavy (non-hydrogen) atoms. The molecule has 0 radical (unpaired) electrons. The number of anilines is 6. The molecule has 0 unspecified atom stereocenters. The molecule has 0 fully saturated rings. The van der Waals surface area contributed by atoms with Crippen LogP contribution in [0, 0.1) is 0 Å². The number of benzene rings is 22. The van der Waals surface area contributed by atoms with Gasteiger partial charge < -0.3 is 18.9 Å². The Morgan fingerprint density at radius 1 is 0.125 bits per heavy atom. The van der Waals surface area contributed by atoms with Gasteiger partial charge in [-0.1, -0.05) is 364 Å². The number of rotatable bonds is 16. The van der Waals surface area contributed by atoms with Crippen molar-refractivity contribution in [3.8, 4) is 100 Å². The van der Waals surface area contributed by atoms with Crippen molar-refractivity contribution in [2.75, 3.05) is 9.80 Å². The highest BCUT2D eigenvalue weighted by molar-refractivity contribution is 6.12. The topological polar surface area (TPSA) is 16.3 Å². The van der Waals surface area contributed by atoms with Gasteiger partial charge in [-0.05, 0) is 278 Å². The molecule has 0 aliphatic heterocycles. The molecule has 2 aromatic heterocycles. The second kappa shape index (κ2) is 33.0. The Hall–Kier alpha value is -16.9. The average Bonchev–Trinajstić information content (AvgIpc) is 1.59. The van der Waals surface area contributed by atoms with Crippen LogP contribution in [-0.2, 0) is 0 Å². The van der Waals surface area contributed by atoms with Crippen LogP contribution in [0.25, 0.3) is 187 Å². The van der Waals surface area contributed by atoms with E-state index < -0.39 is 0 Å². The van der Waals surface area contributed by atoms with Crippen LogP contribution in [0.3, 0.4) is 0 Å². The minimum Gasteiger partial charge on any atom is -0.311 e. The molecule has 600 valence electrons. The maximum atomic E-state index is 2.39. The quantitative estimate of drug-likeness (QED) is 0.0959. The average molecular weight is 1630 g/mol. The summed E-state index contributed by atoms with van der Waals surface area (Å²) in [5, 5.41) is 15.0. The molecule has 2 heterocycles. The van der Waals surface area contributed by atoms with Crippen molar-refractivity contribution < 1.29 is 0 Å². The second-order valence-corrected chi connectivity index (χ2v) is 33.1. The van der Waals surface area contributed by atoms with Gasteiger partial charge in [-0.25, -0.2) is 0 Å². The molecule has 4 nitrogen and oxygen atoms in total. The molecule has 0 aliphatic rings. The van der Waals surface area contributed by atoms with Crippen molar-refractivity contribution in [2.24, 2.45) is 0 Å². The Labute approximate surface area is 744 Å². The number of hydrogen-bond donors (Lipinski definition) is 0. The monoisotopic (exact) mass is 1630 g/mol. The fraction of sp³-hybridized carbons (Fsp3) is 0. The lowest BCUT2D eigenvalue weighted by atomic mass is 9.97. The Kier molecular flexibility index (Phi) is 19.6. The third kappa shape index (κ3) is 14.4. The molecule has 0 spiro atoms. The largest absolute Gasteiger partial charge is 0.311 e. The van der Waals surface area contributed by atoms with E-state index in [4.69, 9.17) is 0 Å². The molecule has 0 saturated carbocycles. The molecule has 0 N–H and O–H groups in total. The Morgan fingerprint density at radius 2 is 0.359 bits per heavy atom. The molecular weight excluding hydrogens is 1550 g/mol. The zero-order valence-electron chi connectivity index (χ0n) is 70.3. The molecule has 4 heteroatoms. The van der Waals surface area contributed by atoms with Gasteiger partial charge in [0.1, 0.15) is 0 Å². The third-order valence-electron chi connectivity index (χ3n) is 25.6. The van der Waals surface area contributed by atoms with Crippen molar-refractivity contribution >= 4 is 121 Å². The van der Waals surface area contributed by atoms with Crippen molar-refractivity contribution in [1.29, 1.82) is 0 Å². The van der Waals surface area contributed by atoms with Crippen LogP contribution in [0.1, 0.15) is 0 Å². The fourth-order valence-electron chi connectivity index (χ4n) is 19.1. The van der Waals surface area contributed by atoms with E-state index in [1.54, 1.807) is 0 Å². The molecule has 0 saturated heterocycles. The first-order valence-electron chi connectivity index (χ1n) is 44.0. The SMILES string of the molecule is c1ccc(-c2ccc(-n3c4ccccc4c4cc(-c5ccc(N(c6ccc(-c7ccc8ccccc8c7)cc6)c6ccc(-c7ccc8ccccc8c7)cc6)cc5)ccc43)cc2)cc1.c1ccc(-c2ccc(-n3c4ccccc4c4cc(-c5ccc(N(c6ccc(-c7cccc8ccccc78)cc6)c6ccc(-c7cccc8ccccc78)cc6)cc5)ccc43)cc2)cc1. The lowest BCUT2D eigenvalue weighted by molar-refractivity contribution is 1.18. The first-order valence-corrected chi connectivity index (χ1v) is 44.0. The van der Waals surface area contributed by atoms with Crippen molar-refractivity contribution in [3.05, 3.63) is 510 Å². The maximum Gasteiger partial charge on any atom is 0.0541 e. The lowest BCUT2D eigenvalue weighted by Crippen LogP contribution is -2.09. The van der Waals surface area contributed by atoms with Crippen molar-refractivity contribution in [2.45, 2.75) is 0 Å². The Morgan fingerprint density at radius 3 is 0.711 bits per heavy atom. The summed E-state index contributed by atoms with van der Waals surface area (Å²) in [6, 6.07) is 185. The Balaban J connectivity index is 0.000000146. The van der Waals surface area contributed by atoms with E-state index in [1.807, 2.05) is 0 Å². The van der Waals surface area contributed by atoms with Gasteiger partial charge >= 0.3 is 0 Å². The standard InChI is InChI=1S/2C62H42N2/c1-2-12-43(13-3-1)44-24-35-54(36-25-44)64-61-23-9-8-20-59(61)60-42-50(32-41-62(60)64)45-26-33-51(34-27-45)63(52-37-28-48(29-38-52)57-21-10-16-46-14-4-6-18-55(46)57)53-39-30-49(31-40-53)58-22-11-17-47-15-5-7-19-56(47)58;1-2-10-43(11-3-1)46-22-37-58(38-23-46)64-61-17-9-8-16-59(61)60-42-54(30-39-62(60)64)49-28-35-57(36-29-49)63(55-31-24-47(25-32-55)52-20-18-44-12-4-6-14-50(44)40-52)56-33-26-48(27-34-56)53-21-19-45-13-5-7-15-51(45)41-53/h2*1-42H. The summed E-state index contributed by atoms with van der Waals surface area (Å²) in [4.78, 5) is 4.72. The first-order chi connectivity index (χ1) is 63.4. The minimum atomic E-state index is 1.09. The van der Waals surface area contributed by atoms with Gasteiger partial charge in [0.25, 0.3) is 0 Å². The van der Waals surface area contributed by atoms with E-state index >= 15 is 0 Å². The van der Waals surface area contributed by atoms with Gasteiger partial charge in [0.2, 0.25) is 0 Å². The Bertz CT molecular complexity index is 7970. The summed E-state index contributed by atoms with van der Waals surface area (Å²) in [5.41, 5.74) is 32.9. The molecule has 24 rings (SSSR count). The summed E-state index contributed by atoms with van der Waals surface area (Å²) in [7, 11) is 0. The number of aromatic nitrogens is 2. The van der Waals surface area contributed by atoms with E-state index in [0.717, 1.165) is 45.5 Å². The van der Waals surface area contributed by atoms with Gasteiger partial charge in [-0.3, -0.25) is 0 Å². The van der Waals surface area contributed by atoms with E-state index in [1.165, 1.54) is 176 Å². The van der Waals surface area contributed by atoms with Crippen LogP contribution in [0.15, 0.2) is 510 Å². The summed E-state index contributed by atoms with van der Waals surface area (Å²) >= 11 is 0. The van der Waals surface area contributed by atoms with Crippen molar-refractivity contribution in [1.82, 2.24) is 9.13 Å². The highest BCUT2D eigenvalue weighted by atomic mass is 15.1. The van der Waals surface area contributed by atoms with Crippen LogP contribution in [-0.4, -0.2) is 9.13 Å². The van der Waals surface area contributed by atoms with E-state index in [2.05, 4.69) is 529 Å². The number of fused-ring (bicyclic) bond motifs is 10. The smallest absolute Gasteiger partial charge is 0.0541 e. The van der Waals surface area contributed by atoms with Crippen LogP contribution < -0.4 is 9.80 Å². The van der Waals surface area contributed by atoms with Crippen LogP contribution in [0.5, 0.6) is 0 Å². The zero-order chi connectivity index (χ0) is 84.8. The maximum absolute atomic E-state index is 2.39. The minimum absolute atomic E-state index is 1.09. The van der Waals surface area contributed by atoms with Gasteiger partial charge in [0.15, 0.2) is 0 Å². The van der Waals surface area contributed by atoms with Gasteiger partial charge in [0, 0.05) is 67.0 Å². The fourth-order valence-corrected chi connectivity index (χ4v) is 19.1. The molecule has 0 bridgehead atoms. The predicted molar refractivity (Wildman–Crippen MR) is 544 cm³/mol. The van der Waals surface area contributed by atoms with Crippen molar-refractivity contribution in [3.63, 3.8) is 0 Å². The summed E-state index contributed by atoms with van der Waals surface area (Å²) in [6.45, 7) is 0. The van der Waals surface area contributed by atoms with Gasteiger partial charge in [-0.2, -0.15) is 0 Å². The highest BCUT2D eigenvalue weighted by Gasteiger charge is 2.21. The predicted octanol–water partition coefficient (Wildman–Crippen LogP) is 34.5. The third-order valence-corrected chi connectivity index (χ3v) is 25.6.